The number of benzene rings is 1. The van der Waals surface area contributed by atoms with Crippen molar-refractivity contribution in [2.24, 2.45) is 0 Å². The fourth-order valence-electron chi connectivity index (χ4n) is 1.28. The Labute approximate surface area is 118 Å². The predicted octanol–water partition coefficient (Wildman–Crippen LogP) is 2.44. The first-order chi connectivity index (χ1) is 9.84. The number of methoxy groups -OCH3 is 1. The third-order valence-corrected chi connectivity index (χ3v) is 2.26. The Balaban J connectivity index is 2.88. The fourth-order valence-corrected chi connectivity index (χ4v) is 1.28. The summed E-state index contributed by atoms with van der Waals surface area (Å²) in [6, 6.07) is 8.87. The molecule has 0 radical (unpaired) electrons. The maximum Gasteiger partial charge on any atom is 0.471 e. The molecule has 1 N–H and O–H groups in total. The third kappa shape index (κ3) is 5.52. The van der Waals surface area contributed by atoms with Gasteiger partial charge in [0, 0.05) is 0 Å². The van der Waals surface area contributed by atoms with E-state index >= 15 is 0 Å². The van der Waals surface area contributed by atoms with Crippen LogP contribution in [0.4, 0.5) is 13.2 Å². The smallest absolute Gasteiger partial charge is 0.464 e. The zero-order chi connectivity index (χ0) is 15.9. The van der Waals surface area contributed by atoms with E-state index in [0.717, 1.165) is 18.7 Å². The van der Waals surface area contributed by atoms with Crippen LogP contribution in [0.2, 0.25) is 0 Å². The highest BCUT2D eigenvalue weighted by Gasteiger charge is 2.39. The Morgan fingerprint density at radius 3 is 2.33 bits per heavy atom. The van der Waals surface area contributed by atoms with Gasteiger partial charge in [0.25, 0.3) is 0 Å². The number of alkyl halides is 3. The molecule has 112 valence electrons. The summed E-state index contributed by atoms with van der Waals surface area (Å²) in [5.41, 5.74) is 0.173. The summed E-state index contributed by atoms with van der Waals surface area (Å²) in [6.45, 7) is 0. The molecule has 0 aromatic heterocycles. The predicted molar refractivity (Wildman–Crippen MR) is 69.8 cm³/mol. The Hall–Kier alpha value is -2.57. The number of hydrogen-bond donors (Lipinski definition) is 1. The summed E-state index contributed by atoms with van der Waals surface area (Å²) in [7, 11) is 0.997. The van der Waals surface area contributed by atoms with E-state index in [4.69, 9.17) is 0 Å². The van der Waals surface area contributed by atoms with E-state index < -0.39 is 23.7 Å². The van der Waals surface area contributed by atoms with Gasteiger partial charge < -0.3 is 10.1 Å². The molecule has 0 spiro atoms. The highest BCUT2D eigenvalue weighted by atomic mass is 19.4. The number of carbonyl (C=O) groups excluding carboxylic acids is 2. The van der Waals surface area contributed by atoms with Crippen LogP contribution in [0.15, 0.2) is 48.2 Å². The summed E-state index contributed by atoms with van der Waals surface area (Å²) in [4.78, 5) is 22.1. The molecule has 0 aliphatic heterocycles. The number of esters is 1. The van der Waals surface area contributed by atoms with E-state index in [9.17, 15) is 22.8 Å². The molecule has 0 bridgehead atoms. The first-order valence-electron chi connectivity index (χ1n) is 5.74. The second-order valence-electron chi connectivity index (χ2n) is 3.79. The lowest BCUT2D eigenvalue weighted by Gasteiger charge is -2.09. The van der Waals surface area contributed by atoms with Gasteiger partial charge in [-0.25, -0.2) is 4.79 Å². The van der Waals surface area contributed by atoms with Crippen LogP contribution in [0, 0.1) is 0 Å². The highest BCUT2D eigenvalue weighted by Crippen LogP contribution is 2.15. The number of rotatable bonds is 4. The second kappa shape index (κ2) is 7.28. The van der Waals surface area contributed by atoms with Crippen LogP contribution < -0.4 is 5.32 Å². The van der Waals surface area contributed by atoms with Crippen molar-refractivity contribution in [1.82, 2.24) is 5.32 Å². The van der Waals surface area contributed by atoms with E-state index in [1.54, 1.807) is 36.4 Å². The topological polar surface area (TPSA) is 55.4 Å². The number of allylic oxidation sites excluding steroid dienone is 2. The van der Waals surface area contributed by atoms with Gasteiger partial charge in [-0.2, -0.15) is 13.2 Å². The van der Waals surface area contributed by atoms with Gasteiger partial charge in [-0.3, -0.25) is 4.79 Å². The zero-order valence-electron chi connectivity index (χ0n) is 11.0. The summed E-state index contributed by atoms with van der Waals surface area (Å²) in [6.07, 6.45) is -1.17. The van der Waals surface area contributed by atoms with Gasteiger partial charge >= 0.3 is 18.1 Å². The second-order valence-corrected chi connectivity index (χ2v) is 3.79. The lowest BCUT2D eigenvalue weighted by atomic mass is 10.2. The van der Waals surface area contributed by atoms with Crippen molar-refractivity contribution in [1.29, 1.82) is 0 Å². The Bertz CT molecular complexity index is 563. The maximum atomic E-state index is 12.2. The molecule has 1 amide bonds. The van der Waals surface area contributed by atoms with Crippen molar-refractivity contribution in [3.05, 3.63) is 53.7 Å². The lowest BCUT2D eigenvalue weighted by Crippen LogP contribution is -2.38. The van der Waals surface area contributed by atoms with Gasteiger partial charge in [0.05, 0.1) is 7.11 Å². The molecule has 0 aliphatic carbocycles. The van der Waals surface area contributed by atoms with Gasteiger partial charge in [-0.05, 0) is 11.6 Å². The molecule has 0 fully saturated rings. The molecule has 1 rings (SSSR count). The molecule has 0 atom stereocenters. The van der Waals surface area contributed by atoms with Gasteiger partial charge in [0.1, 0.15) is 5.70 Å². The van der Waals surface area contributed by atoms with Crippen LogP contribution in [0.5, 0.6) is 0 Å². The fraction of sp³-hybridized carbons (Fsp3) is 0.143. The number of carbonyl (C=O) groups is 2. The molecular weight excluding hydrogens is 287 g/mol. The summed E-state index contributed by atoms with van der Waals surface area (Å²) in [5, 5.41) is 1.47. The monoisotopic (exact) mass is 299 g/mol. The normalized spacial score (nSPS) is 12.3. The summed E-state index contributed by atoms with van der Waals surface area (Å²) in [5.74, 6) is -3.32. The van der Waals surface area contributed by atoms with Gasteiger partial charge in [-0.15, -0.1) is 0 Å². The Morgan fingerprint density at radius 1 is 1.19 bits per heavy atom. The van der Waals surface area contributed by atoms with Crippen LogP contribution in [0.1, 0.15) is 5.56 Å². The van der Waals surface area contributed by atoms with Crippen LogP contribution in [0.3, 0.4) is 0 Å². The lowest BCUT2D eigenvalue weighted by molar-refractivity contribution is -0.173. The van der Waals surface area contributed by atoms with Crippen LogP contribution in [-0.2, 0) is 14.3 Å². The first kappa shape index (κ1) is 16.5. The molecular formula is C14H12F3NO3. The van der Waals surface area contributed by atoms with Gasteiger partial charge in [0.2, 0.25) is 0 Å². The van der Waals surface area contributed by atoms with E-state index in [1.165, 1.54) is 11.4 Å². The minimum Gasteiger partial charge on any atom is -0.464 e. The maximum absolute atomic E-state index is 12.2. The Morgan fingerprint density at radius 2 is 1.81 bits per heavy atom. The van der Waals surface area contributed by atoms with E-state index in [0.29, 0.717) is 0 Å². The average molecular weight is 299 g/mol. The molecule has 0 saturated heterocycles. The van der Waals surface area contributed by atoms with E-state index in [2.05, 4.69) is 4.74 Å². The SMILES string of the molecule is COC(=O)/C(=C\C=C\c1ccccc1)NC(=O)C(F)(F)F. The van der Waals surface area contributed by atoms with Crippen LogP contribution >= 0.6 is 0 Å². The number of nitrogens with one attached hydrogen (secondary N) is 1. The van der Waals surface area contributed by atoms with Crippen molar-refractivity contribution >= 4 is 18.0 Å². The Kier molecular flexibility index (Phi) is 5.71. The number of ether oxygens (including phenoxy) is 1. The van der Waals surface area contributed by atoms with E-state index in [1.807, 2.05) is 0 Å². The summed E-state index contributed by atoms with van der Waals surface area (Å²) < 4.78 is 40.8. The molecule has 7 heteroatoms. The van der Waals surface area contributed by atoms with Crippen molar-refractivity contribution < 1.29 is 27.5 Å². The van der Waals surface area contributed by atoms with Crippen molar-refractivity contribution in [2.45, 2.75) is 6.18 Å². The molecule has 0 aliphatic rings. The van der Waals surface area contributed by atoms with Crippen LogP contribution in [0.25, 0.3) is 6.08 Å². The van der Waals surface area contributed by atoms with Crippen molar-refractivity contribution in [2.75, 3.05) is 7.11 Å². The minimum absolute atomic E-state index is 0.605. The number of amides is 1. The third-order valence-electron chi connectivity index (χ3n) is 2.26. The zero-order valence-corrected chi connectivity index (χ0v) is 11.0. The van der Waals surface area contributed by atoms with Gasteiger partial charge in [-0.1, -0.05) is 42.5 Å². The molecule has 1 aromatic rings. The quantitative estimate of drug-likeness (QED) is 0.528. The standard InChI is InChI=1S/C14H12F3NO3/c1-21-12(19)11(18-13(20)14(15,16)17)9-5-8-10-6-3-2-4-7-10/h2-9H,1H3,(H,18,20)/b8-5+,11-9+. The molecule has 21 heavy (non-hydrogen) atoms. The largest absolute Gasteiger partial charge is 0.471 e. The van der Waals surface area contributed by atoms with Gasteiger partial charge in [0.15, 0.2) is 0 Å². The van der Waals surface area contributed by atoms with Crippen molar-refractivity contribution in [3.8, 4) is 0 Å². The average Bonchev–Trinajstić information content (AvgIpc) is 2.45. The molecule has 0 unspecified atom stereocenters. The minimum atomic E-state index is -5.09. The molecule has 1 aromatic carbocycles. The number of hydrogen-bond acceptors (Lipinski definition) is 3. The van der Waals surface area contributed by atoms with Crippen molar-refractivity contribution in [3.63, 3.8) is 0 Å². The highest BCUT2D eigenvalue weighted by molar-refractivity contribution is 5.95. The molecule has 0 heterocycles. The first-order valence-corrected chi connectivity index (χ1v) is 5.74. The van der Waals surface area contributed by atoms with Crippen LogP contribution in [-0.4, -0.2) is 25.2 Å². The molecule has 0 saturated carbocycles. The molecule has 4 nitrogen and oxygen atoms in total. The summed E-state index contributed by atoms with van der Waals surface area (Å²) >= 11 is 0. The number of halogens is 3. The van der Waals surface area contributed by atoms with E-state index in [-0.39, 0.29) is 0 Å².